The van der Waals surface area contributed by atoms with Crippen LogP contribution in [0.5, 0.6) is 0 Å². The van der Waals surface area contributed by atoms with Crippen molar-refractivity contribution in [3.63, 3.8) is 0 Å². The Morgan fingerprint density at radius 2 is 2.39 bits per heavy atom. The summed E-state index contributed by atoms with van der Waals surface area (Å²) in [6.45, 7) is 0.780. The van der Waals surface area contributed by atoms with Gasteiger partial charge in [0.2, 0.25) is 0 Å². The van der Waals surface area contributed by atoms with E-state index in [1.165, 1.54) is 0 Å². The van der Waals surface area contributed by atoms with Crippen LogP contribution in [0.4, 0.5) is 0 Å². The van der Waals surface area contributed by atoms with Crippen LogP contribution < -0.4 is 0 Å². The molecule has 4 heteroatoms. The maximum Gasteiger partial charge on any atom is 0.152 e. The van der Waals surface area contributed by atoms with Gasteiger partial charge >= 0.3 is 0 Å². The number of hydrogen-bond donors (Lipinski definition) is 0. The van der Waals surface area contributed by atoms with E-state index >= 15 is 0 Å². The van der Waals surface area contributed by atoms with Gasteiger partial charge in [0, 0.05) is 41.7 Å². The molecule has 1 aliphatic carbocycles. The standard InChI is InChI=1S/C14H13N3O/c15-6-5-14(3-4-14)10-17-8-11(9-18)12-2-1-7-16-13(12)17/h1-2,7-9H,3-5,10H2. The fourth-order valence-corrected chi connectivity index (χ4v) is 2.46. The third-order valence-electron chi connectivity index (χ3n) is 3.71. The van der Waals surface area contributed by atoms with Crippen LogP contribution in [0.3, 0.4) is 0 Å². The molecule has 0 atom stereocenters. The SMILES string of the molecule is N#CCC1(Cn2cc(C=O)c3cccnc32)CC1. The van der Waals surface area contributed by atoms with E-state index in [1.54, 1.807) is 6.20 Å². The molecule has 3 rings (SSSR count). The first-order chi connectivity index (χ1) is 8.78. The molecule has 4 nitrogen and oxygen atoms in total. The Bertz CT molecular complexity index is 647. The molecule has 2 aromatic heterocycles. The number of aldehydes is 1. The van der Waals surface area contributed by atoms with Crippen LogP contribution in [0.1, 0.15) is 29.6 Å². The zero-order valence-corrected chi connectivity index (χ0v) is 9.97. The van der Waals surface area contributed by atoms with E-state index in [9.17, 15) is 4.79 Å². The predicted octanol–water partition coefficient (Wildman–Crippen LogP) is 2.54. The van der Waals surface area contributed by atoms with Gasteiger partial charge in [-0.3, -0.25) is 4.79 Å². The third-order valence-corrected chi connectivity index (χ3v) is 3.71. The molecule has 0 aromatic carbocycles. The van der Waals surface area contributed by atoms with Crippen molar-refractivity contribution in [2.45, 2.75) is 25.8 Å². The monoisotopic (exact) mass is 239 g/mol. The normalized spacial score (nSPS) is 16.4. The molecule has 2 heterocycles. The van der Waals surface area contributed by atoms with Crippen LogP contribution in [-0.4, -0.2) is 15.8 Å². The number of fused-ring (bicyclic) bond motifs is 1. The van der Waals surface area contributed by atoms with Crippen LogP contribution in [0.25, 0.3) is 11.0 Å². The summed E-state index contributed by atoms with van der Waals surface area (Å²) in [5.74, 6) is 0. The zero-order chi connectivity index (χ0) is 12.6. The Balaban J connectivity index is 2.02. The Morgan fingerprint density at radius 3 is 3.06 bits per heavy atom. The first kappa shape index (κ1) is 11.0. The average molecular weight is 239 g/mol. The first-order valence-corrected chi connectivity index (χ1v) is 6.04. The van der Waals surface area contributed by atoms with E-state index in [2.05, 4.69) is 11.1 Å². The molecule has 90 valence electrons. The van der Waals surface area contributed by atoms with Crippen molar-refractivity contribution in [1.29, 1.82) is 5.26 Å². The van der Waals surface area contributed by atoms with Gasteiger partial charge < -0.3 is 4.57 Å². The number of carbonyl (C=O) groups excluding carboxylic acids is 1. The maximum absolute atomic E-state index is 11.0. The van der Waals surface area contributed by atoms with Crippen LogP contribution in [0.15, 0.2) is 24.5 Å². The molecule has 1 fully saturated rings. The van der Waals surface area contributed by atoms with Gasteiger partial charge in [-0.1, -0.05) is 0 Å². The second-order valence-corrected chi connectivity index (χ2v) is 5.04. The number of carbonyl (C=O) groups is 1. The smallest absolute Gasteiger partial charge is 0.152 e. The van der Waals surface area contributed by atoms with Gasteiger partial charge in [-0.15, -0.1) is 0 Å². The minimum Gasteiger partial charge on any atom is -0.331 e. The van der Waals surface area contributed by atoms with Crippen molar-refractivity contribution in [2.24, 2.45) is 5.41 Å². The highest BCUT2D eigenvalue weighted by Crippen LogP contribution is 2.50. The molecule has 0 unspecified atom stereocenters. The number of hydrogen-bond acceptors (Lipinski definition) is 3. The molecule has 18 heavy (non-hydrogen) atoms. The molecule has 0 N–H and O–H groups in total. The summed E-state index contributed by atoms with van der Waals surface area (Å²) < 4.78 is 2.02. The quantitative estimate of drug-likeness (QED) is 0.770. The van der Waals surface area contributed by atoms with E-state index in [1.807, 2.05) is 22.9 Å². The summed E-state index contributed by atoms with van der Waals surface area (Å²) in [6.07, 6.45) is 7.20. The summed E-state index contributed by atoms with van der Waals surface area (Å²) in [5, 5.41) is 9.74. The van der Waals surface area contributed by atoms with E-state index in [-0.39, 0.29) is 5.41 Å². The number of pyridine rings is 1. The number of aromatic nitrogens is 2. The lowest BCUT2D eigenvalue weighted by Crippen LogP contribution is -2.10. The molecule has 1 saturated carbocycles. The summed E-state index contributed by atoms with van der Waals surface area (Å²) >= 11 is 0. The van der Waals surface area contributed by atoms with Crippen LogP contribution >= 0.6 is 0 Å². The Morgan fingerprint density at radius 1 is 1.56 bits per heavy atom. The van der Waals surface area contributed by atoms with Crippen molar-refractivity contribution in [2.75, 3.05) is 0 Å². The minimum absolute atomic E-state index is 0.109. The maximum atomic E-state index is 11.0. The van der Waals surface area contributed by atoms with Crippen molar-refractivity contribution in [3.05, 3.63) is 30.1 Å². The number of nitrogens with zero attached hydrogens (tertiary/aromatic N) is 3. The highest BCUT2D eigenvalue weighted by Gasteiger charge is 2.43. The molecular weight excluding hydrogens is 226 g/mol. The van der Waals surface area contributed by atoms with Crippen molar-refractivity contribution >= 4 is 17.3 Å². The highest BCUT2D eigenvalue weighted by atomic mass is 16.1. The zero-order valence-electron chi connectivity index (χ0n) is 9.97. The topological polar surface area (TPSA) is 58.7 Å². The molecule has 0 spiro atoms. The van der Waals surface area contributed by atoms with Gasteiger partial charge in [-0.2, -0.15) is 5.26 Å². The van der Waals surface area contributed by atoms with Gasteiger partial charge in [0.15, 0.2) is 6.29 Å². The molecule has 1 aliphatic rings. The van der Waals surface area contributed by atoms with E-state index < -0.39 is 0 Å². The second-order valence-electron chi connectivity index (χ2n) is 5.04. The number of nitriles is 1. The largest absolute Gasteiger partial charge is 0.331 e. The lowest BCUT2D eigenvalue weighted by molar-refractivity contribution is 0.112. The van der Waals surface area contributed by atoms with Crippen molar-refractivity contribution in [1.82, 2.24) is 9.55 Å². The van der Waals surface area contributed by atoms with Crippen molar-refractivity contribution < 1.29 is 4.79 Å². The summed E-state index contributed by atoms with van der Waals surface area (Å²) in [4.78, 5) is 15.4. The summed E-state index contributed by atoms with van der Waals surface area (Å²) in [6, 6.07) is 6.00. The minimum atomic E-state index is 0.109. The average Bonchev–Trinajstić information content (AvgIpc) is 3.05. The summed E-state index contributed by atoms with van der Waals surface area (Å²) in [7, 11) is 0. The van der Waals surface area contributed by atoms with Gasteiger partial charge in [-0.25, -0.2) is 4.98 Å². The van der Waals surface area contributed by atoms with Crippen LogP contribution in [0, 0.1) is 16.7 Å². The Hall–Kier alpha value is -2.15. The molecule has 0 bridgehead atoms. The van der Waals surface area contributed by atoms with E-state index in [0.29, 0.717) is 12.0 Å². The molecule has 0 aliphatic heterocycles. The fraction of sp³-hybridized carbons (Fsp3) is 0.357. The van der Waals surface area contributed by atoms with Crippen molar-refractivity contribution in [3.8, 4) is 6.07 Å². The lowest BCUT2D eigenvalue weighted by Gasteiger charge is -2.12. The molecule has 2 aromatic rings. The Labute approximate surface area is 105 Å². The highest BCUT2D eigenvalue weighted by molar-refractivity contribution is 5.95. The van der Waals surface area contributed by atoms with Crippen LogP contribution in [-0.2, 0) is 6.54 Å². The van der Waals surface area contributed by atoms with Crippen LogP contribution in [0.2, 0.25) is 0 Å². The van der Waals surface area contributed by atoms with Gasteiger partial charge in [0.1, 0.15) is 5.65 Å². The fourth-order valence-electron chi connectivity index (χ4n) is 2.46. The molecule has 0 radical (unpaired) electrons. The third kappa shape index (κ3) is 1.68. The predicted molar refractivity (Wildman–Crippen MR) is 67.0 cm³/mol. The molecular formula is C14H13N3O. The van der Waals surface area contributed by atoms with E-state index in [0.717, 1.165) is 36.7 Å². The first-order valence-electron chi connectivity index (χ1n) is 6.04. The van der Waals surface area contributed by atoms with Gasteiger partial charge in [0.05, 0.1) is 6.07 Å². The van der Waals surface area contributed by atoms with Gasteiger partial charge in [-0.05, 0) is 25.0 Å². The second kappa shape index (κ2) is 3.95. The lowest BCUT2D eigenvalue weighted by atomic mass is 10.0. The molecule has 0 saturated heterocycles. The summed E-state index contributed by atoms with van der Waals surface area (Å²) in [5.41, 5.74) is 1.62. The Kier molecular flexibility index (Phi) is 2.41. The molecule has 0 amide bonds. The number of rotatable bonds is 4. The van der Waals surface area contributed by atoms with Gasteiger partial charge in [0.25, 0.3) is 0 Å². The van der Waals surface area contributed by atoms with E-state index in [4.69, 9.17) is 5.26 Å².